The van der Waals surface area contributed by atoms with Crippen LogP contribution < -0.4 is 10.6 Å². The molecule has 0 heterocycles. The monoisotopic (exact) mass is 422 g/mol. The molecule has 5 heteroatoms. The zero-order valence-corrected chi connectivity index (χ0v) is 19.1. The lowest BCUT2D eigenvalue weighted by Crippen LogP contribution is -2.46. The number of anilines is 2. The summed E-state index contributed by atoms with van der Waals surface area (Å²) in [6, 6.07) is 12.3. The molecule has 0 saturated carbocycles. The molecule has 2 aromatic carbocycles. The molecule has 0 unspecified atom stereocenters. The van der Waals surface area contributed by atoms with Gasteiger partial charge in [0.15, 0.2) is 0 Å². The van der Waals surface area contributed by atoms with Gasteiger partial charge in [0.1, 0.15) is 0 Å². The maximum Gasteiger partial charge on any atom is 0.0801 e. The van der Waals surface area contributed by atoms with E-state index in [0.29, 0.717) is 0 Å². The highest BCUT2D eigenvalue weighted by Crippen LogP contribution is 2.21. The molecule has 0 amide bonds. The SMILES string of the molecule is CC[N+](C)(CCCNc1ccc(C)c(Cl)c1)CCCNc1ccc(C)c(Cl)c1. The standard InChI is InChI=1S/C23H34Cl2N3/c1-5-28(4,14-6-12-26-20-10-8-18(2)22(24)16-20)15-7-13-27-21-11-9-19(3)23(25)17-21/h8-11,16-17,26-27H,5-7,12-15H2,1-4H3/q+1. The zero-order valence-electron chi connectivity index (χ0n) is 17.6. The van der Waals surface area contributed by atoms with Crippen molar-refractivity contribution in [1.82, 2.24) is 0 Å². The number of hydrogen-bond acceptors (Lipinski definition) is 2. The second kappa shape index (κ2) is 10.9. The van der Waals surface area contributed by atoms with Crippen LogP contribution in [0.4, 0.5) is 11.4 Å². The van der Waals surface area contributed by atoms with Crippen molar-refractivity contribution >= 4 is 34.6 Å². The predicted molar refractivity (Wildman–Crippen MR) is 125 cm³/mol. The van der Waals surface area contributed by atoms with Gasteiger partial charge in [-0.1, -0.05) is 35.3 Å². The first-order valence-corrected chi connectivity index (χ1v) is 10.9. The number of rotatable bonds is 11. The summed E-state index contributed by atoms with van der Waals surface area (Å²) >= 11 is 12.4. The molecule has 2 N–H and O–H groups in total. The summed E-state index contributed by atoms with van der Waals surface area (Å²) in [6.07, 6.45) is 2.27. The van der Waals surface area contributed by atoms with E-state index in [-0.39, 0.29) is 0 Å². The number of hydrogen-bond donors (Lipinski definition) is 2. The second-order valence-corrected chi connectivity index (χ2v) is 8.69. The summed E-state index contributed by atoms with van der Waals surface area (Å²) in [7, 11) is 2.35. The first kappa shape index (κ1) is 22.9. The number of nitrogens with zero attached hydrogens (tertiary/aromatic N) is 1. The molecule has 0 radical (unpaired) electrons. The minimum atomic E-state index is 0.821. The van der Waals surface area contributed by atoms with Gasteiger partial charge < -0.3 is 15.1 Å². The molecule has 0 spiro atoms. The first-order valence-electron chi connectivity index (χ1n) is 10.2. The third-order valence-corrected chi connectivity index (χ3v) is 6.33. The van der Waals surface area contributed by atoms with E-state index in [1.54, 1.807) is 0 Å². The summed E-state index contributed by atoms with van der Waals surface area (Å²) in [5.74, 6) is 0. The van der Waals surface area contributed by atoms with E-state index in [9.17, 15) is 0 Å². The quantitative estimate of drug-likeness (QED) is 0.324. The Morgan fingerprint density at radius 1 is 0.786 bits per heavy atom. The largest absolute Gasteiger partial charge is 0.385 e. The van der Waals surface area contributed by atoms with Crippen LogP contribution in [-0.4, -0.2) is 44.3 Å². The van der Waals surface area contributed by atoms with E-state index < -0.39 is 0 Å². The molecule has 0 aliphatic rings. The number of aryl methyl sites for hydroxylation is 2. The van der Waals surface area contributed by atoms with Crippen LogP contribution in [0.15, 0.2) is 36.4 Å². The van der Waals surface area contributed by atoms with Crippen molar-refractivity contribution in [1.29, 1.82) is 0 Å². The van der Waals surface area contributed by atoms with Gasteiger partial charge in [0.05, 0.1) is 26.7 Å². The van der Waals surface area contributed by atoms with E-state index in [1.165, 1.54) is 13.1 Å². The van der Waals surface area contributed by atoms with Crippen LogP contribution in [-0.2, 0) is 0 Å². The van der Waals surface area contributed by atoms with Gasteiger partial charge in [0.2, 0.25) is 0 Å². The minimum Gasteiger partial charge on any atom is -0.385 e. The third kappa shape index (κ3) is 7.20. The van der Waals surface area contributed by atoms with Gasteiger partial charge in [0, 0.05) is 47.4 Å². The topological polar surface area (TPSA) is 24.1 Å². The molecule has 0 saturated heterocycles. The van der Waals surface area contributed by atoms with Crippen LogP contribution in [0.2, 0.25) is 10.0 Å². The van der Waals surface area contributed by atoms with Crippen molar-refractivity contribution in [3.63, 3.8) is 0 Å². The van der Waals surface area contributed by atoms with E-state index >= 15 is 0 Å². The van der Waals surface area contributed by atoms with E-state index in [2.05, 4.69) is 48.9 Å². The molecule has 0 aromatic heterocycles. The fraction of sp³-hybridized carbons (Fsp3) is 0.478. The van der Waals surface area contributed by atoms with Crippen molar-refractivity contribution in [2.45, 2.75) is 33.6 Å². The maximum absolute atomic E-state index is 6.20. The molecule has 0 aliphatic heterocycles. The lowest BCUT2D eigenvalue weighted by Gasteiger charge is -2.33. The van der Waals surface area contributed by atoms with Gasteiger partial charge in [-0.15, -0.1) is 0 Å². The van der Waals surface area contributed by atoms with E-state index in [0.717, 1.165) is 69.5 Å². The molecule has 28 heavy (non-hydrogen) atoms. The Kier molecular flexibility index (Phi) is 8.94. The summed E-state index contributed by atoms with van der Waals surface area (Å²) in [4.78, 5) is 0. The molecule has 0 aliphatic carbocycles. The Bertz CT molecular complexity index is 702. The Balaban J connectivity index is 1.69. The molecule has 154 valence electrons. The van der Waals surface area contributed by atoms with Crippen molar-refractivity contribution in [2.24, 2.45) is 0 Å². The number of nitrogens with one attached hydrogen (secondary N) is 2. The Hall–Kier alpha value is -1.42. The van der Waals surface area contributed by atoms with Crippen molar-refractivity contribution in [2.75, 3.05) is 50.4 Å². The van der Waals surface area contributed by atoms with Crippen molar-refractivity contribution in [3.8, 4) is 0 Å². The Labute approximate surface area is 180 Å². The number of benzene rings is 2. The van der Waals surface area contributed by atoms with Crippen LogP contribution in [0.1, 0.15) is 30.9 Å². The average molecular weight is 423 g/mol. The summed E-state index contributed by atoms with van der Waals surface area (Å²) < 4.78 is 1.09. The van der Waals surface area contributed by atoms with Gasteiger partial charge in [-0.25, -0.2) is 0 Å². The zero-order chi connectivity index (χ0) is 20.6. The molecule has 0 atom stereocenters. The normalized spacial score (nSPS) is 11.5. The predicted octanol–water partition coefficient (Wildman–Crippen LogP) is 6.38. The van der Waals surface area contributed by atoms with Crippen LogP contribution in [0.5, 0.6) is 0 Å². The molecule has 0 bridgehead atoms. The molecular weight excluding hydrogens is 389 g/mol. The van der Waals surface area contributed by atoms with Crippen LogP contribution in [0, 0.1) is 13.8 Å². The van der Waals surface area contributed by atoms with Gasteiger partial charge in [-0.3, -0.25) is 0 Å². The molecular formula is C23H34Cl2N3+. The van der Waals surface area contributed by atoms with Gasteiger partial charge in [-0.2, -0.15) is 0 Å². The summed E-state index contributed by atoms with van der Waals surface area (Å²) in [6.45, 7) is 11.7. The molecule has 0 fully saturated rings. The summed E-state index contributed by atoms with van der Waals surface area (Å²) in [5.41, 5.74) is 4.43. The molecule has 2 rings (SSSR count). The van der Waals surface area contributed by atoms with Crippen molar-refractivity contribution in [3.05, 3.63) is 57.6 Å². The van der Waals surface area contributed by atoms with Crippen LogP contribution in [0.25, 0.3) is 0 Å². The van der Waals surface area contributed by atoms with E-state index in [1.807, 2.05) is 26.0 Å². The fourth-order valence-electron chi connectivity index (χ4n) is 3.22. The Morgan fingerprint density at radius 3 is 1.57 bits per heavy atom. The fourth-order valence-corrected chi connectivity index (χ4v) is 3.58. The van der Waals surface area contributed by atoms with Crippen LogP contribution >= 0.6 is 23.2 Å². The Morgan fingerprint density at radius 2 is 1.21 bits per heavy atom. The lowest BCUT2D eigenvalue weighted by molar-refractivity contribution is -0.907. The maximum atomic E-state index is 6.20. The molecule has 3 nitrogen and oxygen atoms in total. The highest BCUT2D eigenvalue weighted by Gasteiger charge is 2.18. The first-order chi connectivity index (χ1) is 13.3. The lowest BCUT2D eigenvalue weighted by atomic mass is 10.2. The van der Waals surface area contributed by atoms with E-state index in [4.69, 9.17) is 23.2 Å². The highest BCUT2D eigenvalue weighted by atomic mass is 35.5. The minimum absolute atomic E-state index is 0.821. The van der Waals surface area contributed by atoms with Crippen molar-refractivity contribution < 1.29 is 4.48 Å². The smallest absolute Gasteiger partial charge is 0.0801 e. The van der Waals surface area contributed by atoms with Gasteiger partial charge in [-0.05, 0) is 56.2 Å². The molecule has 2 aromatic rings. The van der Waals surface area contributed by atoms with Gasteiger partial charge in [0.25, 0.3) is 0 Å². The second-order valence-electron chi connectivity index (χ2n) is 7.87. The number of quaternary nitrogens is 1. The summed E-state index contributed by atoms with van der Waals surface area (Å²) in [5, 5.41) is 8.62. The highest BCUT2D eigenvalue weighted by molar-refractivity contribution is 6.31. The average Bonchev–Trinajstić information content (AvgIpc) is 2.68. The van der Waals surface area contributed by atoms with Gasteiger partial charge >= 0.3 is 0 Å². The van der Waals surface area contributed by atoms with Crippen LogP contribution in [0.3, 0.4) is 0 Å². The third-order valence-electron chi connectivity index (χ3n) is 5.51. The number of halogens is 2.